The summed E-state index contributed by atoms with van der Waals surface area (Å²) in [4.78, 5) is 21.4. The van der Waals surface area contributed by atoms with Gasteiger partial charge in [-0.2, -0.15) is 4.39 Å². The maximum Gasteiger partial charge on any atom is 0.338 e. The number of hydrogen-bond acceptors (Lipinski definition) is 4. The fourth-order valence-electron chi connectivity index (χ4n) is 1.64. The van der Waals surface area contributed by atoms with Gasteiger partial charge in [0.15, 0.2) is 0 Å². The molecule has 0 aliphatic rings. The third kappa shape index (κ3) is 3.85. The highest BCUT2D eigenvalue weighted by atomic mass is 79.9. The summed E-state index contributed by atoms with van der Waals surface area (Å²) in [5, 5.41) is 10.5. The summed E-state index contributed by atoms with van der Waals surface area (Å²) in [7, 11) is 0. The summed E-state index contributed by atoms with van der Waals surface area (Å²) < 4.78 is 19.3. The van der Waals surface area contributed by atoms with E-state index in [0.29, 0.717) is 0 Å². The molecule has 0 N–H and O–H groups in total. The van der Waals surface area contributed by atoms with E-state index in [1.807, 2.05) is 6.07 Å². The lowest BCUT2D eigenvalue weighted by Gasteiger charge is -2.05. The van der Waals surface area contributed by atoms with E-state index in [1.165, 1.54) is 0 Å². The summed E-state index contributed by atoms with van der Waals surface area (Å²) in [6.45, 7) is 0.0247. The van der Waals surface area contributed by atoms with Gasteiger partial charge >= 0.3 is 11.7 Å². The molecular weight excluding hydrogens is 345 g/mol. The second kappa shape index (κ2) is 6.45. The van der Waals surface area contributed by atoms with Gasteiger partial charge in [0.2, 0.25) is 5.82 Å². The molecule has 0 radical (unpaired) electrons. The Morgan fingerprint density at radius 1 is 1.29 bits per heavy atom. The molecule has 0 bridgehead atoms. The van der Waals surface area contributed by atoms with Crippen molar-refractivity contribution in [2.45, 2.75) is 6.61 Å². The summed E-state index contributed by atoms with van der Waals surface area (Å²) in [5.74, 6) is -1.82. The van der Waals surface area contributed by atoms with Crippen LogP contribution in [0.1, 0.15) is 15.9 Å². The van der Waals surface area contributed by atoms with Crippen molar-refractivity contribution in [1.29, 1.82) is 0 Å². The first-order valence-corrected chi connectivity index (χ1v) is 6.62. The monoisotopic (exact) mass is 353 g/mol. The van der Waals surface area contributed by atoms with Crippen LogP contribution in [0, 0.1) is 15.9 Å². The average molecular weight is 354 g/mol. The lowest BCUT2D eigenvalue weighted by molar-refractivity contribution is -0.387. The Hall–Kier alpha value is -2.28. The number of ether oxygens (including phenoxy) is 1. The smallest absolute Gasteiger partial charge is 0.338 e. The molecule has 0 spiro atoms. The van der Waals surface area contributed by atoms with Crippen LogP contribution >= 0.6 is 15.9 Å². The summed E-state index contributed by atoms with van der Waals surface area (Å²) in [6, 6.07) is 10.1. The van der Waals surface area contributed by atoms with Crippen molar-refractivity contribution >= 4 is 27.6 Å². The lowest BCUT2D eigenvalue weighted by Crippen LogP contribution is -2.06. The van der Waals surface area contributed by atoms with Crippen molar-refractivity contribution in [1.82, 2.24) is 0 Å². The minimum atomic E-state index is -1.07. The highest BCUT2D eigenvalue weighted by Gasteiger charge is 2.17. The van der Waals surface area contributed by atoms with E-state index in [4.69, 9.17) is 4.74 Å². The van der Waals surface area contributed by atoms with Gasteiger partial charge in [-0.05, 0) is 29.8 Å². The first-order chi connectivity index (χ1) is 9.97. The first-order valence-electron chi connectivity index (χ1n) is 5.83. The fraction of sp³-hybridized carbons (Fsp3) is 0.0714. The van der Waals surface area contributed by atoms with Gasteiger partial charge in [-0.1, -0.05) is 28.1 Å². The molecule has 2 rings (SSSR count). The molecule has 7 heteroatoms. The highest BCUT2D eigenvalue weighted by molar-refractivity contribution is 9.10. The molecule has 108 valence electrons. The third-order valence-corrected chi connectivity index (χ3v) is 3.13. The molecule has 2 aromatic rings. The Kier molecular flexibility index (Phi) is 4.64. The Labute approximate surface area is 127 Å². The second-order valence-corrected chi connectivity index (χ2v) is 5.05. The molecule has 0 saturated carbocycles. The van der Waals surface area contributed by atoms with Crippen LogP contribution < -0.4 is 0 Å². The van der Waals surface area contributed by atoms with Gasteiger partial charge in [0.25, 0.3) is 0 Å². The molecular formula is C14H9BrFNO4. The number of carbonyl (C=O) groups is 1. The van der Waals surface area contributed by atoms with Gasteiger partial charge < -0.3 is 4.74 Å². The molecule has 0 aliphatic heterocycles. The zero-order valence-corrected chi connectivity index (χ0v) is 12.2. The molecule has 5 nitrogen and oxygen atoms in total. The van der Waals surface area contributed by atoms with Gasteiger partial charge in [0.05, 0.1) is 10.5 Å². The number of esters is 1. The van der Waals surface area contributed by atoms with E-state index < -0.39 is 22.4 Å². The number of halogens is 2. The maximum absolute atomic E-state index is 13.4. The SMILES string of the molecule is O=C(OCc1cccc(Br)c1)c1ccc([N+](=O)[O-])c(F)c1. The molecule has 0 amide bonds. The van der Waals surface area contributed by atoms with Crippen molar-refractivity contribution in [3.63, 3.8) is 0 Å². The van der Waals surface area contributed by atoms with E-state index >= 15 is 0 Å². The Morgan fingerprint density at radius 2 is 2.05 bits per heavy atom. The molecule has 0 aliphatic carbocycles. The van der Waals surface area contributed by atoms with Crippen LogP contribution in [-0.2, 0) is 11.3 Å². The number of rotatable bonds is 4. The second-order valence-electron chi connectivity index (χ2n) is 4.13. The lowest BCUT2D eigenvalue weighted by atomic mass is 10.2. The molecule has 0 aromatic heterocycles. The van der Waals surface area contributed by atoms with Crippen molar-refractivity contribution in [3.05, 3.63) is 74.0 Å². The largest absolute Gasteiger partial charge is 0.457 e. The number of hydrogen-bond donors (Lipinski definition) is 0. The van der Waals surface area contributed by atoms with E-state index in [1.54, 1.807) is 18.2 Å². The van der Waals surface area contributed by atoms with Crippen molar-refractivity contribution < 1.29 is 18.8 Å². The van der Waals surface area contributed by atoms with Crippen LogP contribution in [-0.4, -0.2) is 10.9 Å². The van der Waals surface area contributed by atoms with Gasteiger partial charge in [-0.25, -0.2) is 4.79 Å². The third-order valence-electron chi connectivity index (χ3n) is 2.64. The fourth-order valence-corrected chi connectivity index (χ4v) is 2.09. The number of benzene rings is 2. The highest BCUT2D eigenvalue weighted by Crippen LogP contribution is 2.19. The number of nitro groups is 1. The molecule has 2 aromatic carbocycles. The number of nitro benzene ring substituents is 1. The summed E-state index contributed by atoms with van der Waals surface area (Å²) in [6.07, 6.45) is 0. The maximum atomic E-state index is 13.4. The van der Waals surface area contributed by atoms with Crippen LogP contribution in [0.3, 0.4) is 0 Å². The Morgan fingerprint density at radius 3 is 2.67 bits per heavy atom. The average Bonchev–Trinajstić information content (AvgIpc) is 2.44. The van der Waals surface area contributed by atoms with Crippen LogP contribution in [0.25, 0.3) is 0 Å². The van der Waals surface area contributed by atoms with E-state index in [2.05, 4.69) is 15.9 Å². The van der Waals surface area contributed by atoms with E-state index in [9.17, 15) is 19.3 Å². The van der Waals surface area contributed by atoms with Crippen molar-refractivity contribution in [3.8, 4) is 0 Å². The van der Waals surface area contributed by atoms with E-state index in [0.717, 1.165) is 28.2 Å². The van der Waals surface area contributed by atoms with Gasteiger partial charge in [-0.3, -0.25) is 10.1 Å². The molecule has 0 saturated heterocycles. The molecule has 21 heavy (non-hydrogen) atoms. The van der Waals surface area contributed by atoms with Crippen LogP contribution in [0.4, 0.5) is 10.1 Å². The molecule has 0 heterocycles. The van der Waals surface area contributed by atoms with Crippen molar-refractivity contribution in [2.24, 2.45) is 0 Å². The number of carbonyl (C=O) groups excluding carboxylic acids is 1. The predicted octanol–water partition coefficient (Wildman–Crippen LogP) is 3.85. The quantitative estimate of drug-likeness (QED) is 0.475. The predicted molar refractivity (Wildman–Crippen MR) is 76.3 cm³/mol. The van der Waals surface area contributed by atoms with Gasteiger partial charge in [0.1, 0.15) is 6.61 Å². The summed E-state index contributed by atoms with van der Waals surface area (Å²) in [5.41, 5.74) is 0.00625. The molecule has 0 fully saturated rings. The van der Waals surface area contributed by atoms with Crippen LogP contribution in [0.15, 0.2) is 46.9 Å². The first kappa shape index (κ1) is 15.1. The molecule has 0 atom stereocenters. The Bertz CT molecular complexity index is 705. The zero-order valence-electron chi connectivity index (χ0n) is 10.6. The molecule has 0 unspecified atom stereocenters. The minimum absolute atomic E-state index is 0.0247. The van der Waals surface area contributed by atoms with Gasteiger partial charge in [-0.15, -0.1) is 0 Å². The van der Waals surface area contributed by atoms with Crippen LogP contribution in [0.5, 0.6) is 0 Å². The van der Waals surface area contributed by atoms with Crippen molar-refractivity contribution in [2.75, 3.05) is 0 Å². The topological polar surface area (TPSA) is 69.4 Å². The number of nitrogens with zero attached hydrogens (tertiary/aromatic N) is 1. The summed E-state index contributed by atoms with van der Waals surface area (Å²) >= 11 is 3.29. The van der Waals surface area contributed by atoms with Gasteiger partial charge in [0, 0.05) is 10.5 Å². The Balaban J connectivity index is 2.07. The zero-order chi connectivity index (χ0) is 15.4. The standard InChI is InChI=1S/C14H9BrFNO4/c15-11-3-1-2-9(6-11)8-21-14(18)10-4-5-13(17(19)20)12(16)7-10/h1-7H,8H2. The van der Waals surface area contributed by atoms with E-state index in [-0.39, 0.29) is 12.2 Å². The normalized spacial score (nSPS) is 10.2. The minimum Gasteiger partial charge on any atom is -0.457 e. The van der Waals surface area contributed by atoms with Crippen LogP contribution in [0.2, 0.25) is 0 Å².